The number of hydrogen-bond acceptors (Lipinski definition) is 6. The van der Waals surface area contributed by atoms with Crippen LogP contribution in [0.3, 0.4) is 0 Å². The quantitative estimate of drug-likeness (QED) is 0.795. The first-order valence-electron chi connectivity index (χ1n) is 10.0. The van der Waals surface area contributed by atoms with Crippen molar-refractivity contribution in [3.05, 3.63) is 34.8 Å². The van der Waals surface area contributed by atoms with Crippen LogP contribution in [0.15, 0.2) is 10.5 Å². The molecule has 0 bridgehead atoms. The Morgan fingerprint density at radius 1 is 1.38 bits per heavy atom. The van der Waals surface area contributed by atoms with E-state index in [1.807, 2.05) is 6.92 Å². The summed E-state index contributed by atoms with van der Waals surface area (Å²) in [4.78, 5) is 33.6. The first-order chi connectivity index (χ1) is 14.0. The molecule has 3 heterocycles. The summed E-state index contributed by atoms with van der Waals surface area (Å²) in [5, 5.41) is 6.88. The predicted octanol–water partition coefficient (Wildman–Crippen LogP) is 2.11. The summed E-state index contributed by atoms with van der Waals surface area (Å²) in [7, 11) is 3.34. The Hall–Kier alpha value is -2.68. The van der Waals surface area contributed by atoms with Crippen LogP contribution in [0.1, 0.15) is 69.9 Å². The number of H-pyrrole nitrogens is 1. The number of oxazole rings is 1. The Morgan fingerprint density at radius 2 is 2.17 bits per heavy atom. The number of methoxy groups -OCH3 is 1. The number of aromatic amines is 1. The monoisotopic (exact) mass is 401 g/mol. The van der Waals surface area contributed by atoms with E-state index in [0.717, 1.165) is 18.5 Å². The first kappa shape index (κ1) is 19.6. The normalized spacial score (nSPS) is 19.4. The van der Waals surface area contributed by atoms with Gasteiger partial charge in [-0.25, -0.2) is 4.98 Å². The highest BCUT2D eigenvalue weighted by Crippen LogP contribution is 2.36. The molecule has 2 fully saturated rings. The molecule has 1 saturated carbocycles. The predicted molar refractivity (Wildman–Crippen MR) is 104 cm³/mol. The second kappa shape index (κ2) is 7.98. The SMILES string of the molecule is COCc1cc(C(=O)N(C)C2CCN(C(=O)c3oc(C4CCC4)nc3C)C2)n[nH]1. The number of carbonyl (C=O) groups excluding carboxylic acids is 2. The molecule has 2 aromatic rings. The maximum Gasteiger partial charge on any atom is 0.291 e. The van der Waals surface area contributed by atoms with Crippen molar-refractivity contribution in [3.63, 3.8) is 0 Å². The fourth-order valence-corrected chi connectivity index (χ4v) is 3.88. The summed E-state index contributed by atoms with van der Waals surface area (Å²) in [5.74, 6) is 1.04. The van der Waals surface area contributed by atoms with Crippen LogP contribution in [-0.2, 0) is 11.3 Å². The molecule has 156 valence electrons. The topological polar surface area (TPSA) is 105 Å². The van der Waals surface area contributed by atoms with Crippen LogP contribution in [-0.4, -0.2) is 70.1 Å². The Morgan fingerprint density at radius 3 is 2.86 bits per heavy atom. The van der Waals surface area contributed by atoms with Crippen molar-refractivity contribution in [2.75, 3.05) is 27.2 Å². The summed E-state index contributed by atoms with van der Waals surface area (Å²) < 4.78 is 10.9. The number of rotatable bonds is 6. The molecule has 1 aliphatic heterocycles. The number of carbonyl (C=O) groups is 2. The van der Waals surface area contributed by atoms with Crippen molar-refractivity contribution < 1.29 is 18.7 Å². The van der Waals surface area contributed by atoms with E-state index in [9.17, 15) is 9.59 Å². The molecular weight excluding hydrogens is 374 g/mol. The van der Waals surface area contributed by atoms with E-state index in [-0.39, 0.29) is 17.9 Å². The highest BCUT2D eigenvalue weighted by Gasteiger charge is 2.35. The standard InChI is InChI=1S/C20H27N5O4/c1-12-17(29-18(21-12)13-5-4-6-13)20(27)25-8-7-15(10-25)24(2)19(26)16-9-14(11-28-3)22-23-16/h9,13,15H,4-8,10-11H2,1-3H3,(H,22,23). The van der Waals surface area contributed by atoms with E-state index >= 15 is 0 Å². The zero-order valence-corrected chi connectivity index (χ0v) is 17.1. The maximum atomic E-state index is 13.0. The molecule has 1 saturated heterocycles. The number of nitrogens with one attached hydrogen (secondary N) is 1. The molecule has 2 amide bonds. The van der Waals surface area contributed by atoms with Gasteiger partial charge in [-0.05, 0) is 32.3 Å². The molecule has 1 unspecified atom stereocenters. The first-order valence-corrected chi connectivity index (χ1v) is 10.0. The summed E-state index contributed by atoms with van der Waals surface area (Å²) in [5.41, 5.74) is 1.74. The molecule has 0 spiro atoms. The third kappa shape index (κ3) is 3.78. The fraction of sp³-hybridized carbons (Fsp3) is 0.600. The smallest absolute Gasteiger partial charge is 0.291 e. The van der Waals surface area contributed by atoms with E-state index < -0.39 is 0 Å². The molecule has 0 radical (unpaired) electrons. The van der Waals surface area contributed by atoms with Crippen molar-refractivity contribution in [1.29, 1.82) is 0 Å². The minimum atomic E-state index is -0.175. The highest BCUT2D eigenvalue weighted by atomic mass is 16.5. The molecule has 1 aliphatic carbocycles. The average molecular weight is 401 g/mol. The van der Waals surface area contributed by atoms with E-state index in [2.05, 4.69) is 15.2 Å². The lowest BCUT2D eigenvalue weighted by molar-refractivity contribution is 0.0683. The number of ether oxygens (including phenoxy) is 1. The summed E-state index contributed by atoms with van der Waals surface area (Å²) >= 11 is 0. The number of nitrogens with zero attached hydrogens (tertiary/aromatic N) is 4. The Labute approximate surface area is 169 Å². The Balaban J connectivity index is 1.39. The Bertz CT molecular complexity index is 901. The largest absolute Gasteiger partial charge is 0.435 e. The van der Waals surface area contributed by atoms with Gasteiger partial charge in [0.2, 0.25) is 5.76 Å². The van der Waals surface area contributed by atoms with Gasteiger partial charge in [0, 0.05) is 33.2 Å². The zero-order valence-electron chi connectivity index (χ0n) is 17.1. The number of likely N-dealkylation sites (N-methyl/N-ethyl adjacent to an activating group) is 1. The Kier molecular flexibility index (Phi) is 5.40. The van der Waals surface area contributed by atoms with Crippen LogP contribution in [0.5, 0.6) is 0 Å². The minimum absolute atomic E-state index is 0.0663. The van der Waals surface area contributed by atoms with Crippen LogP contribution in [0.4, 0.5) is 0 Å². The number of aryl methyl sites for hydroxylation is 1. The van der Waals surface area contributed by atoms with Crippen molar-refractivity contribution in [1.82, 2.24) is 25.0 Å². The molecule has 1 atom stereocenters. The van der Waals surface area contributed by atoms with Gasteiger partial charge in [-0.2, -0.15) is 5.10 Å². The van der Waals surface area contributed by atoms with Crippen LogP contribution < -0.4 is 0 Å². The van der Waals surface area contributed by atoms with E-state index in [4.69, 9.17) is 9.15 Å². The molecule has 2 aliphatic rings. The van der Waals surface area contributed by atoms with Gasteiger partial charge in [-0.15, -0.1) is 0 Å². The summed E-state index contributed by atoms with van der Waals surface area (Å²) in [6.45, 7) is 3.23. The number of hydrogen-bond donors (Lipinski definition) is 1. The van der Waals surface area contributed by atoms with Gasteiger partial charge in [-0.3, -0.25) is 14.7 Å². The molecule has 1 N–H and O–H groups in total. The van der Waals surface area contributed by atoms with Crippen LogP contribution >= 0.6 is 0 Å². The van der Waals surface area contributed by atoms with Gasteiger partial charge in [0.25, 0.3) is 11.8 Å². The molecular formula is C20H27N5O4. The van der Waals surface area contributed by atoms with Crippen LogP contribution in [0, 0.1) is 6.92 Å². The summed E-state index contributed by atoms with van der Waals surface area (Å²) in [6.07, 6.45) is 4.05. The number of amides is 2. The average Bonchev–Trinajstić information content (AvgIpc) is 3.39. The lowest BCUT2D eigenvalue weighted by Crippen LogP contribution is -2.40. The van der Waals surface area contributed by atoms with Gasteiger partial charge in [-0.1, -0.05) is 6.42 Å². The number of likely N-dealkylation sites (tertiary alicyclic amines) is 1. The van der Waals surface area contributed by atoms with Gasteiger partial charge in [0.1, 0.15) is 5.69 Å². The van der Waals surface area contributed by atoms with E-state index in [1.165, 1.54) is 6.42 Å². The lowest BCUT2D eigenvalue weighted by Gasteiger charge is -2.24. The fourth-order valence-electron chi connectivity index (χ4n) is 3.88. The highest BCUT2D eigenvalue weighted by molar-refractivity contribution is 5.94. The van der Waals surface area contributed by atoms with Gasteiger partial charge in [0.05, 0.1) is 24.0 Å². The van der Waals surface area contributed by atoms with Gasteiger partial charge < -0.3 is 19.0 Å². The van der Waals surface area contributed by atoms with E-state index in [1.54, 1.807) is 30.0 Å². The van der Waals surface area contributed by atoms with Crippen molar-refractivity contribution in [3.8, 4) is 0 Å². The second-order valence-electron chi connectivity index (χ2n) is 7.92. The molecule has 29 heavy (non-hydrogen) atoms. The van der Waals surface area contributed by atoms with Crippen molar-refractivity contribution >= 4 is 11.8 Å². The van der Waals surface area contributed by atoms with Gasteiger partial charge in [0.15, 0.2) is 5.89 Å². The zero-order chi connectivity index (χ0) is 20.5. The van der Waals surface area contributed by atoms with Crippen molar-refractivity contribution in [2.24, 2.45) is 0 Å². The molecule has 0 aromatic carbocycles. The molecule has 2 aromatic heterocycles. The van der Waals surface area contributed by atoms with Crippen molar-refractivity contribution in [2.45, 2.75) is 51.2 Å². The molecule has 9 heteroatoms. The maximum absolute atomic E-state index is 13.0. The van der Waals surface area contributed by atoms with Crippen LogP contribution in [0.25, 0.3) is 0 Å². The lowest BCUT2D eigenvalue weighted by atomic mass is 9.85. The molecule has 9 nitrogen and oxygen atoms in total. The minimum Gasteiger partial charge on any atom is -0.435 e. The summed E-state index contributed by atoms with van der Waals surface area (Å²) in [6, 6.07) is 1.63. The van der Waals surface area contributed by atoms with Gasteiger partial charge >= 0.3 is 0 Å². The van der Waals surface area contributed by atoms with E-state index in [0.29, 0.717) is 55.1 Å². The third-order valence-corrected chi connectivity index (χ3v) is 5.93. The molecule has 4 rings (SSSR count). The third-order valence-electron chi connectivity index (χ3n) is 5.93. The number of aromatic nitrogens is 3. The van der Waals surface area contributed by atoms with Crippen LogP contribution in [0.2, 0.25) is 0 Å². The second-order valence-corrected chi connectivity index (χ2v) is 7.92.